The lowest BCUT2D eigenvalue weighted by Gasteiger charge is -2.21. The van der Waals surface area contributed by atoms with Gasteiger partial charge in [-0.2, -0.15) is 0 Å². The molecule has 1 rings (SSSR count). The van der Waals surface area contributed by atoms with Gasteiger partial charge in [-0.1, -0.05) is 13.8 Å². The lowest BCUT2D eigenvalue weighted by atomic mass is 10.0. The topological polar surface area (TPSA) is 86.8 Å². The fourth-order valence-corrected chi connectivity index (χ4v) is 1.79. The molecule has 0 aromatic rings. The van der Waals surface area contributed by atoms with Gasteiger partial charge in [-0.3, -0.25) is 4.79 Å². The van der Waals surface area contributed by atoms with Crippen molar-refractivity contribution in [2.75, 3.05) is 13.1 Å². The van der Waals surface area contributed by atoms with Crippen molar-refractivity contribution in [1.29, 1.82) is 0 Å². The van der Waals surface area contributed by atoms with E-state index in [9.17, 15) is 15.0 Å². The predicted molar refractivity (Wildman–Crippen MR) is 56.0 cm³/mol. The molecule has 0 aliphatic carbocycles. The van der Waals surface area contributed by atoms with Crippen LogP contribution in [-0.4, -0.2) is 52.4 Å². The summed E-state index contributed by atoms with van der Waals surface area (Å²) >= 11 is 0. The molecule has 1 heterocycles. The zero-order valence-electron chi connectivity index (χ0n) is 9.26. The summed E-state index contributed by atoms with van der Waals surface area (Å²) in [6.07, 6.45) is -1.04. The minimum atomic E-state index is -0.833. The number of amides is 1. The number of nitrogens with two attached hydrogens (primary N) is 1. The van der Waals surface area contributed by atoms with Gasteiger partial charge in [0.25, 0.3) is 0 Å². The first kappa shape index (κ1) is 12.4. The second-order valence-electron chi connectivity index (χ2n) is 4.61. The van der Waals surface area contributed by atoms with Gasteiger partial charge in [-0.05, 0) is 12.3 Å². The van der Waals surface area contributed by atoms with Crippen LogP contribution in [0.1, 0.15) is 20.3 Å². The third-order valence-corrected chi connectivity index (χ3v) is 2.61. The SMILES string of the molecule is CC(C)C[C@@H](N)C(=O)N1C[C@@H](O)[C@@H](O)C1. The third kappa shape index (κ3) is 3.15. The van der Waals surface area contributed by atoms with Gasteiger partial charge in [0, 0.05) is 13.1 Å². The molecule has 0 aromatic carbocycles. The van der Waals surface area contributed by atoms with E-state index in [0.29, 0.717) is 12.3 Å². The van der Waals surface area contributed by atoms with Crippen molar-refractivity contribution in [3.63, 3.8) is 0 Å². The zero-order chi connectivity index (χ0) is 11.6. The Balaban J connectivity index is 2.47. The highest BCUT2D eigenvalue weighted by atomic mass is 16.3. The number of β-amino-alcohol motifs (C(OH)–C–C–N with tert-alkyl or cyclic N) is 2. The van der Waals surface area contributed by atoms with Crippen molar-refractivity contribution >= 4 is 5.91 Å². The van der Waals surface area contributed by atoms with Gasteiger partial charge in [0.2, 0.25) is 5.91 Å². The Hall–Kier alpha value is -0.650. The van der Waals surface area contributed by atoms with Crippen LogP contribution in [0, 0.1) is 5.92 Å². The Morgan fingerprint density at radius 1 is 1.40 bits per heavy atom. The second-order valence-corrected chi connectivity index (χ2v) is 4.61. The van der Waals surface area contributed by atoms with Gasteiger partial charge in [0.15, 0.2) is 0 Å². The van der Waals surface area contributed by atoms with Crippen LogP contribution in [0.3, 0.4) is 0 Å². The molecule has 0 saturated carbocycles. The number of hydrogen-bond donors (Lipinski definition) is 3. The fraction of sp³-hybridized carbons (Fsp3) is 0.900. The average Bonchev–Trinajstić information content (AvgIpc) is 2.44. The first-order valence-electron chi connectivity index (χ1n) is 5.32. The van der Waals surface area contributed by atoms with E-state index < -0.39 is 18.2 Å². The summed E-state index contributed by atoms with van der Waals surface area (Å²) in [5.74, 6) is 0.181. The van der Waals surface area contributed by atoms with Gasteiger partial charge in [-0.25, -0.2) is 0 Å². The van der Waals surface area contributed by atoms with Crippen molar-refractivity contribution in [3.05, 3.63) is 0 Å². The molecule has 1 aliphatic rings. The normalized spacial score (nSPS) is 28.5. The Morgan fingerprint density at radius 3 is 2.27 bits per heavy atom. The van der Waals surface area contributed by atoms with Crippen LogP contribution in [0.4, 0.5) is 0 Å². The molecule has 1 aliphatic heterocycles. The number of carbonyl (C=O) groups is 1. The molecule has 0 aromatic heterocycles. The average molecular weight is 216 g/mol. The molecule has 1 amide bonds. The Morgan fingerprint density at radius 2 is 1.87 bits per heavy atom. The molecule has 3 atom stereocenters. The monoisotopic (exact) mass is 216 g/mol. The van der Waals surface area contributed by atoms with E-state index in [2.05, 4.69) is 0 Å². The molecular formula is C10H20N2O3. The number of rotatable bonds is 3. The predicted octanol–water partition coefficient (Wildman–Crippen LogP) is -1.08. The highest BCUT2D eigenvalue weighted by Gasteiger charge is 2.34. The molecule has 1 fully saturated rings. The quantitative estimate of drug-likeness (QED) is 0.560. The van der Waals surface area contributed by atoms with E-state index in [1.165, 1.54) is 4.90 Å². The number of aliphatic hydroxyl groups is 2. The molecule has 0 unspecified atom stereocenters. The van der Waals surface area contributed by atoms with Gasteiger partial charge in [-0.15, -0.1) is 0 Å². The molecule has 15 heavy (non-hydrogen) atoms. The van der Waals surface area contributed by atoms with Gasteiger partial charge >= 0.3 is 0 Å². The largest absolute Gasteiger partial charge is 0.388 e. The smallest absolute Gasteiger partial charge is 0.239 e. The number of hydrogen-bond acceptors (Lipinski definition) is 4. The Kier molecular flexibility index (Phi) is 4.07. The third-order valence-electron chi connectivity index (χ3n) is 2.61. The minimum Gasteiger partial charge on any atom is -0.388 e. The number of carbonyl (C=O) groups excluding carboxylic acids is 1. The summed E-state index contributed by atoms with van der Waals surface area (Å²) in [6.45, 7) is 4.37. The van der Waals surface area contributed by atoms with Crippen LogP contribution in [-0.2, 0) is 4.79 Å². The summed E-state index contributed by atoms with van der Waals surface area (Å²) in [4.78, 5) is 13.2. The van der Waals surface area contributed by atoms with Crippen LogP contribution >= 0.6 is 0 Å². The Labute approximate surface area is 89.9 Å². The molecule has 5 nitrogen and oxygen atoms in total. The first-order valence-corrected chi connectivity index (χ1v) is 5.32. The number of aliphatic hydroxyl groups excluding tert-OH is 2. The van der Waals surface area contributed by atoms with E-state index >= 15 is 0 Å². The summed E-state index contributed by atoms with van der Waals surface area (Å²) < 4.78 is 0. The lowest BCUT2D eigenvalue weighted by molar-refractivity contribution is -0.132. The van der Waals surface area contributed by atoms with E-state index in [4.69, 9.17) is 5.73 Å². The molecule has 4 N–H and O–H groups in total. The lowest BCUT2D eigenvalue weighted by Crippen LogP contribution is -2.43. The van der Waals surface area contributed by atoms with Crippen molar-refractivity contribution < 1.29 is 15.0 Å². The van der Waals surface area contributed by atoms with Gasteiger partial charge in [0.1, 0.15) is 0 Å². The molecule has 0 radical (unpaired) electrons. The summed E-state index contributed by atoms with van der Waals surface area (Å²) in [5.41, 5.74) is 5.73. The van der Waals surface area contributed by atoms with Crippen molar-refractivity contribution in [1.82, 2.24) is 4.90 Å². The van der Waals surface area contributed by atoms with E-state index in [1.54, 1.807) is 0 Å². The van der Waals surface area contributed by atoms with Crippen LogP contribution in [0.5, 0.6) is 0 Å². The van der Waals surface area contributed by atoms with Gasteiger partial charge in [0.05, 0.1) is 18.2 Å². The van der Waals surface area contributed by atoms with Crippen LogP contribution < -0.4 is 5.73 Å². The van der Waals surface area contributed by atoms with Crippen LogP contribution in [0.15, 0.2) is 0 Å². The summed E-state index contributed by atoms with van der Waals surface area (Å²) in [6, 6.07) is -0.525. The molecular weight excluding hydrogens is 196 g/mol. The summed E-state index contributed by atoms with van der Waals surface area (Å²) in [7, 11) is 0. The van der Waals surface area contributed by atoms with E-state index in [-0.39, 0.29) is 19.0 Å². The highest BCUT2D eigenvalue weighted by molar-refractivity contribution is 5.82. The first-order chi connectivity index (χ1) is 6.91. The second kappa shape index (κ2) is 4.92. The number of nitrogens with zero attached hydrogens (tertiary/aromatic N) is 1. The number of likely N-dealkylation sites (tertiary alicyclic amines) is 1. The minimum absolute atomic E-state index is 0.181. The summed E-state index contributed by atoms with van der Waals surface area (Å²) in [5, 5.41) is 18.6. The Bertz CT molecular complexity index is 223. The van der Waals surface area contributed by atoms with Crippen molar-refractivity contribution in [2.45, 2.75) is 38.5 Å². The molecule has 0 bridgehead atoms. The maximum atomic E-state index is 11.8. The maximum Gasteiger partial charge on any atom is 0.239 e. The molecule has 5 heteroatoms. The maximum absolute atomic E-state index is 11.8. The fourth-order valence-electron chi connectivity index (χ4n) is 1.79. The standard InChI is InChI=1S/C10H20N2O3/c1-6(2)3-7(11)10(15)12-4-8(13)9(14)5-12/h6-9,13-14H,3-5,11H2,1-2H3/t7-,8-,9+/m1/s1. The highest BCUT2D eigenvalue weighted by Crippen LogP contribution is 2.13. The van der Waals surface area contributed by atoms with Crippen LogP contribution in [0.25, 0.3) is 0 Å². The van der Waals surface area contributed by atoms with Gasteiger partial charge < -0.3 is 20.8 Å². The van der Waals surface area contributed by atoms with Crippen molar-refractivity contribution in [2.24, 2.45) is 11.7 Å². The molecule has 88 valence electrons. The molecule has 1 saturated heterocycles. The van der Waals surface area contributed by atoms with Crippen LogP contribution in [0.2, 0.25) is 0 Å². The zero-order valence-corrected chi connectivity index (χ0v) is 9.26. The van der Waals surface area contributed by atoms with E-state index in [1.807, 2.05) is 13.8 Å². The van der Waals surface area contributed by atoms with Crippen molar-refractivity contribution in [3.8, 4) is 0 Å². The molecule has 0 spiro atoms. The van der Waals surface area contributed by atoms with E-state index in [0.717, 1.165) is 0 Å².